The third kappa shape index (κ3) is 4.31. The van der Waals surface area contributed by atoms with Gasteiger partial charge in [-0.25, -0.2) is 0 Å². The second-order valence-corrected chi connectivity index (χ2v) is 6.89. The van der Waals surface area contributed by atoms with Crippen molar-refractivity contribution >= 4 is 17.7 Å². The molecule has 0 bridgehead atoms. The van der Waals surface area contributed by atoms with Gasteiger partial charge in [-0.05, 0) is 37.6 Å². The zero-order valence-corrected chi connectivity index (χ0v) is 17.6. The van der Waals surface area contributed by atoms with E-state index >= 15 is 0 Å². The zero-order valence-electron chi connectivity index (χ0n) is 17.6. The van der Waals surface area contributed by atoms with E-state index in [4.69, 9.17) is 14.2 Å². The molecule has 1 aliphatic heterocycles. The fraction of sp³-hybridized carbons (Fsp3) is 0.429. The molecule has 0 unspecified atom stereocenters. The Morgan fingerprint density at radius 3 is 2.14 bits per heavy atom. The predicted octanol–water partition coefficient (Wildman–Crippen LogP) is 2.41. The minimum atomic E-state index is -0.0148. The molecule has 1 aromatic heterocycles. The molecule has 0 spiro atoms. The van der Waals surface area contributed by atoms with Crippen LogP contribution in [0.15, 0.2) is 18.2 Å². The van der Waals surface area contributed by atoms with Gasteiger partial charge in [-0.15, -0.1) is 0 Å². The molecule has 1 N–H and O–H groups in total. The van der Waals surface area contributed by atoms with Crippen molar-refractivity contribution < 1.29 is 19.0 Å². The second-order valence-electron chi connectivity index (χ2n) is 6.89. The maximum atomic E-state index is 12.6. The lowest BCUT2D eigenvalue weighted by Crippen LogP contribution is -2.48. The Hall–Kier alpha value is -3.16. The van der Waals surface area contributed by atoms with Gasteiger partial charge in [-0.2, -0.15) is 5.10 Å². The van der Waals surface area contributed by atoms with Crippen molar-refractivity contribution in [3.8, 4) is 17.2 Å². The van der Waals surface area contributed by atoms with Crippen molar-refractivity contribution in [2.45, 2.75) is 13.8 Å². The molecule has 1 aromatic carbocycles. The number of nitrogens with zero attached hydrogens (tertiary/aromatic N) is 3. The van der Waals surface area contributed by atoms with E-state index in [1.54, 1.807) is 33.5 Å². The number of carbonyl (C=O) groups is 1. The van der Waals surface area contributed by atoms with E-state index in [9.17, 15) is 4.79 Å². The Morgan fingerprint density at radius 1 is 1.03 bits per heavy atom. The van der Waals surface area contributed by atoms with Gasteiger partial charge in [-0.3, -0.25) is 9.89 Å². The highest BCUT2D eigenvalue weighted by Crippen LogP contribution is 2.38. The maximum Gasteiger partial charge on any atom is 0.246 e. The molecule has 156 valence electrons. The van der Waals surface area contributed by atoms with Gasteiger partial charge in [0.25, 0.3) is 0 Å². The summed E-state index contributed by atoms with van der Waals surface area (Å²) in [7, 11) is 4.70. The number of aryl methyl sites for hydroxylation is 2. The minimum Gasteiger partial charge on any atom is -0.493 e. The van der Waals surface area contributed by atoms with E-state index in [0.717, 1.165) is 35.7 Å². The van der Waals surface area contributed by atoms with Gasteiger partial charge < -0.3 is 24.0 Å². The van der Waals surface area contributed by atoms with Crippen LogP contribution in [0.2, 0.25) is 0 Å². The number of anilines is 1. The van der Waals surface area contributed by atoms with Gasteiger partial charge in [0, 0.05) is 32.3 Å². The molecule has 1 fully saturated rings. The Labute approximate surface area is 171 Å². The van der Waals surface area contributed by atoms with E-state index < -0.39 is 0 Å². The lowest BCUT2D eigenvalue weighted by molar-refractivity contribution is -0.126. The van der Waals surface area contributed by atoms with Gasteiger partial charge >= 0.3 is 0 Å². The number of benzene rings is 1. The van der Waals surface area contributed by atoms with E-state index in [1.807, 2.05) is 30.9 Å². The quantitative estimate of drug-likeness (QED) is 0.750. The topological polar surface area (TPSA) is 79.9 Å². The van der Waals surface area contributed by atoms with Crippen LogP contribution < -0.4 is 19.1 Å². The number of piperazine rings is 1. The van der Waals surface area contributed by atoms with Crippen molar-refractivity contribution in [1.29, 1.82) is 0 Å². The summed E-state index contributed by atoms with van der Waals surface area (Å²) in [5, 5.41) is 7.28. The van der Waals surface area contributed by atoms with Crippen molar-refractivity contribution in [2.24, 2.45) is 0 Å². The molecule has 29 heavy (non-hydrogen) atoms. The number of H-pyrrole nitrogens is 1. The summed E-state index contributed by atoms with van der Waals surface area (Å²) < 4.78 is 16.1. The Kier molecular flexibility index (Phi) is 6.31. The predicted molar refractivity (Wildman–Crippen MR) is 112 cm³/mol. The number of rotatable bonds is 6. The lowest BCUT2D eigenvalue weighted by Gasteiger charge is -2.35. The highest BCUT2D eigenvalue weighted by molar-refractivity contribution is 5.92. The molecule has 0 radical (unpaired) electrons. The van der Waals surface area contributed by atoms with Crippen LogP contribution in [0, 0.1) is 13.8 Å². The van der Waals surface area contributed by atoms with E-state index in [2.05, 4.69) is 15.1 Å². The minimum absolute atomic E-state index is 0.0148. The second kappa shape index (κ2) is 8.89. The van der Waals surface area contributed by atoms with Crippen molar-refractivity contribution in [3.05, 3.63) is 35.2 Å². The van der Waals surface area contributed by atoms with E-state index in [1.165, 1.54) is 0 Å². The average Bonchev–Trinajstić information content (AvgIpc) is 3.09. The van der Waals surface area contributed by atoms with Crippen LogP contribution in [0.3, 0.4) is 0 Å². The monoisotopic (exact) mass is 400 g/mol. The molecule has 3 rings (SSSR count). The first-order valence-corrected chi connectivity index (χ1v) is 9.52. The zero-order chi connectivity index (χ0) is 21.0. The van der Waals surface area contributed by atoms with E-state index in [-0.39, 0.29) is 5.91 Å². The Balaban J connectivity index is 1.66. The lowest BCUT2D eigenvalue weighted by atomic mass is 10.1. The van der Waals surface area contributed by atoms with Crippen LogP contribution in [0.4, 0.5) is 5.69 Å². The number of ether oxygens (including phenoxy) is 3. The summed E-state index contributed by atoms with van der Waals surface area (Å²) >= 11 is 0. The highest BCUT2D eigenvalue weighted by atomic mass is 16.5. The molecule has 8 nitrogen and oxygen atoms in total. The first-order valence-electron chi connectivity index (χ1n) is 9.52. The molecule has 1 saturated heterocycles. The first kappa shape index (κ1) is 20.6. The number of aromatic amines is 1. The normalized spacial score (nSPS) is 14.4. The van der Waals surface area contributed by atoms with Crippen molar-refractivity contribution in [2.75, 3.05) is 52.4 Å². The van der Waals surface area contributed by atoms with Crippen LogP contribution in [0.25, 0.3) is 6.08 Å². The highest BCUT2D eigenvalue weighted by Gasteiger charge is 2.23. The summed E-state index contributed by atoms with van der Waals surface area (Å²) in [6.07, 6.45) is 3.36. The number of aromatic nitrogens is 2. The number of amides is 1. The standard InChI is InChI=1S/C21H28N4O4/c1-14-20(15(2)23-22-14)25-10-8-24(9-11-25)19(26)7-6-16-12-17(27-3)21(29-5)18(13-16)28-4/h6-7,12-13H,8-11H2,1-5H3,(H,22,23)/b7-6+. The SMILES string of the molecule is COc1cc(/C=C/C(=O)N2CCN(c3c(C)n[nH]c3C)CC2)cc(OC)c1OC. The van der Waals surface area contributed by atoms with Gasteiger partial charge in [0.05, 0.1) is 38.4 Å². The summed E-state index contributed by atoms with van der Waals surface area (Å²) in [6.45, 7) is 6.92. The van der Waals surface area contributed by atoms with Crippen LogP contribution in [0.1, 0.15) is 17.0 Å². The largest absolute Gasteiger partial charge is 0.493 e. The van der Waals surface area contributed by atoms with Crippen molar-refractivity contribution in [1.82, 2.24) is 15.1 Å². The molecule has 0 saturated carbocycles. The van der Waals surface area contributed by atoms with Crippen LogP contribution in [-0.4, -0.2) is 68.5 Å². The fourth-order valence-electron chi connectivity index (χ4n) is 3.63. The summed E-state index contributed by atoms with van der Waals surface area (Å²) in [5.41, 5.74) is 4.00. The smallest absolute Gasteiger partial charge is 0.246 e. The Morgan fingerprint density at radius 2 is 1.66 bits per heavy atom. The number of carbonyl (C=O) groups excluding carboxylic acids is 1. The molecule has 2 heterocycles. The van der Waals surface area contributed by atoms with Gasteiger partial charge in [0.15, 0.2) is 11.5 Å². The van der Waals surface area contributed by atoms with Crippen LogP contribution in [-0.2, 0) is 4.79 Å². The molecular weight excluding hydrogens is 372 g/mol. The summed E-state index contributed by atoms with van der Waals surface area (Å²) in [4.78, 5) is 16.8. The molecule has 0 atom stereocenters. The van der Waals surface area contributed by atoms with Gasteiger partial charge in [0.2, 0.25) is 11.7 Å². The van der Waals surface area contributed by atoms with Crippen molar-refractivity contribution in [3.63, 3.8) is 0 Å². The number of hydrogen-bond acceptors (Lipinski definition) is 6. The summed E-state index contributed by atoms with van der Waals surface area (Å²) in [5.74, 6) is 1.62. The molecular formula is C21H28N4O4. The number of hydrogen-bond donors (Lipinski definition) is 1. The molecule has 1 aliphatic rings. The maximum absolute atomic E-state index is 12.6. The molecule has 1 amide bonds. The van der Waals surface area contributed by atoms with Crippen LogP contribution >= 0.6 is 0 Å². The number of nitrogens with one attached hydrogen (secondary N) is 1. The van der Waals surface area contributed by atoms with Gasteiger partial charge in [0.1, 0.15) is 0 Å². The molecule has 0 aliphatic carbocycles. The van der Waals surface area contributed by atoms with E-state index in [0.29, 0.717) is 30.3 Å². The molecule has 8 heteroatoms. The number of methoxy groups -OCH3 is 3. The Bertz CT molecular complexity index is 854. The first-order chi connectivity index (χ1) is 14.0. The average molecular weight is 400 g/mol. The third-order valence-electron chi connectivity index (χ3n) is 5.10. The van der Waals surface area contributed by atoms with Crippen LogP contribution in [0.5, 0.6) is 17.2 Å². The third-order valence-corrected chi connectivity index (χ3v) is 5.10. The fourth-order valence-corrected chi connectivity index (χ4v) is 3.63. The summed E-state index contributed by atoms with van der Waals surface area (Å²) in [6, 6.07) is 3.63. The van der Waals surface area contributed by atoms with Gasteiger partial charge in [-0.1, -0.05) is 0 Å². The molecule has 2 aromatic rings.